The highest BCUT2D eigenvalue weighted by atomic mass is 16.5. The molecule has 1 aliphatic rings. The Hall–Kier alpha value is -2.95. The van der Waals surface area contributed by atoms with Crippen LogP contribution in [0.4, 0.5) is 17.2 Å². The summed E-state index contributed by atoms with van der Waals surface area (Å²) in [5.74, 6) is 1.94. The molecule has 0 bridgehead atoms. The van der Waals surface area contributed by atoms with Gasteiger partial charge in [0.25, 0.3) is 5.88 Å². The van der Waals surface area contributed by atoms with E-state index in [0.717, 1.165) is 17.2 Å². The van der Waals surface area contributed by atoms with E-state index in [9.17, 15) is 0 Å². The molecule has 3 aromatic rings. The molecular formula is C18H16N4O. The summed E-state index contributed by atoms with van der Waals surface area (Å²) < 4.78 is 5.85. The predicted molar refractivity (Wildman–Crippen MR) is 88.8 cm³/mol. The lowest BCUT2D eigenvalue weighted by molar-refractivity contribution is 0.447. The van der Waals surface area contributed by atoms with E-state index in [1.165, 1.54) is 16.7 Å². The van der Waals surface area contributed by atoms with E-state index in [2.05, 4.69) is 53.0 Å². The minimum absolute atomic E-state index is 0.493. The van der Waals surface area contributed by atoms with Gasteiger partial charge in [0.05, 0.1) is 11.9 Å². The van der Waals surface area contributed by atoms with Crippen LogP contribution in [0.3, 0.4) is 0 Å². The number of rotatable bonds is 1. The number of fused-ring (bicyclic) bond motifs is 2. The van der Waals surface area contributed by atoms with Crippen molar-refractivity contribution in [1.29, 1.82) is 0 Å². The Bertz CT molecular complexity index is 839. The van der Waals surface area contributed by atoms with Crippen molar-refractivity contribution in [3.63, 3.8) is 0 Å². The lowest BCUT2D eigenvalue weighted by atomic mass is 10.0. The molecule has 5 nitrogen and oxygen atoms in total. The highest BCUT2D eigenvalue weighted by Crippen LogP contribution is 2.49. The normalized spacial score (nSPS) is 12.4. The summed E-state index contributed by atoms with van der Waals surface area (Å²) in [6.07, 6.45) is 3.44. The van der Waals surface area contributed by atoms with Gasteiger partial charge in [-0.05, 0) is 50.1 Å². The van der Waals surface area contributed by atoms with Gasteiger partial charge in [0.2, 0.25) is 0 Å². The second kappa shape index (κ2) is 5.05. The van der Waals surface area contributed by atoms with Gasteiger partial charge in [0, 0.05) is 6.20 Å². The first-order valence-corrected chi connectivity index (χ1v) is 7.47. The second-order valence-corrected chi connectivity index (χ2v) is 5.73. The van der Waals surface area contributed by atoms with E-state index in [1.54, 1.807) is 12.4 Å². The monoisotopic (exact) mass is 304 g/mol. The van der Waals surface area contributed by atoms with Crippen molar-refractivity contribution in [3.05, 3.63) is 59.4 Å². The highest BCUT2D eigenvalue weighted by Gasteiger charge is 2.29. The number of aromatic nitrogens is 3. The lowest BCUT2D eigenvalue weighted by Gasteiger charge is -2.32. The Labute approximate surface area is 134 Å². The van der Waals surface area contributed by atoms with E-state index in [-0.39, 0.29) is 0 Å². The number of hydrogen-bond donors (Lipinski definition) is 0. The summed E-state index contributed by atoms with van der Waals surface area (Å²) >= 11 is 0. The first kappa shape index (κ1) is 13.7. The molecule has 5 heteroatoms. The molecule has 0 N–H and O–H groups in total. The lowest BCUT2D eigenvalue weighted by Crippen LogP contribution is -2.20. The van der Waals surface area contributed by atoms with Gasteiger partial charge < -0.3 is 4.74 Å². The summed E-state index contributed by atoms with van der Waals surface area (Å²) in [4.78, 5) is 6.64. The average Bonchev–Trinajstić information content (AvgIpc) is 2.53. The number of anilines is 3. The van der Waals surface area contributed by atoms with E-state index in [0.29, 0.717) is 11.6 Å². The smallest absolute Gasteiger partial charge is 0.263 e. The molecule has 0 unspecified atom stereocenters. The summed E-state index contributed by atoms with van der Waals surface area (Å²) in [6.45, 7) is 6.33. The maximum atomic E-state index is 5.85. The Kier molecular flexibility index (Phi) is 3.01. The molecular weight excluding hydrogens is 288 g/mol. The summed E-state index contributed by atoms with van der Waals surface area (Å²) in [5.41, 5.74) is 5.56. The molecule has 0 fully saturated rings. The van der Waals surface area contributed by atoms with Crippen LogP contribution in [0, 0.1) is 20.8 Å². The van der Waals surface area contributed by atoms with Gasteiger partial charge >= 0.3 is 0 Å². The SMILES string of the molecule is Cc1cc(C)c(N2c3ccnnc3Oc3cccnc32)c(C)c1. The van der Waals surface area contributed by atoms with Crippen LogP contribution < -0.4 is 9.64 Å². The zero-order chi connectivity index (χ0) is 16.0. The highest BCUT2D eigenvalue weighted by molar-refractivity contribution is 5.85. The zero-order valence-electron chi connectivity index (χ0n) is 13.2. The third kappa shape index (κ3) is 2.12. The van der Waals surface area contributed by atoms with Crippen LogP contribution in [0.25, 0.3) is 0 Å². The predicted octanol–water partition coefficient (Wildman–Crippen LogP) is 4.37. The number of hydrogen-bond acceptors (Lipinski definition) is 5. The van der Waals surface area contributed by atoms with Gasteiger partial charge in [-0.25, -0.2) is 4.98 Å². The largest absolute Gasteiger partial charge is 0.432 e. The number of ether oxygens (including phenoxy) is 1. The van der Waals surface area contributed by atoms with Gasteiger partial charge in [-0.2, -0.15) is 5.10 Å². The Morgan fingerprint density at radius 1 is 1.00 bits per heavy atom. The van der Waals surface area contributed by atoms with Crippen molar-refractivity contribution in [2.75, 3.05) is 4.90 Å². The van der Waals surface area contributed by atoms with Crippen LogP contribution >= 0.6 is 0 Å². The van der Waals surface area contributed by atoms with Crippen molar-refractivity contribution in [2.24, 2.45) is 0 Å². The van der Waals surface area contributed by atoms with Crippen LogP contribution in [0.5, 0.6) is 11.6 Å². The summed E-state index contributed by atoms with van der Waals surface area (Å²) in [5, 5.41) is 8.07. The summed E-state index contributed by atoms with van der Waals surface area (Å²) in [6, 6.07) is 10.0. The molecule has 23 heavy (non-hydrogen) atoms. The van der Waals surface area contributed by atoms with E-state index < -0.39 is 0 Å². The molecule has 0 saturated carbocycles. The molecule has 0 spiro atoms. The van der Waals surface area contributed by atoms with Gasteiger partial charge in [-0.1, -0.05) is 17.7 Å². The number of nitrogens with zero attached hydrogens (tertiary/aromatic N) is 4. The maximum Gasteiger partial charge on any atom is 0.263 e. The van der Waals surface area contributed by atoms with Crippen molar-refractivity contribution >= 4 is 17.2 Å². The van der Waals surface area contributed by atoms with Crippen molar-refractivity contribution in [3.8, 4) is 11.6 Å². The van der Waals surface area contributed by atoms with Crippen LogP contribution in [-0.4, -0.2) is 15.2 Å². The summed E-state index contributed by atoms with van der Waals surface area (Å²) in [7, 11) is 0. The third-order valence-corrected chi connectivity index (χ3v) is 3.94. The van der Waals surface area contributed by atoms with Crippen LogP contribution in [0.1, 0.15) is 16.7 Å². The Balaban J connectivity index is 2.02. The number of benzene rings is 1. The number of pyridine rings is 1. The number of aryl methyl sites for hydroxylation is 3. The minimum Gasteiger partial charge on any atom is -0.432 e. The van der Waals surface area contributed by atoms with Gasteiger partial charge in [0.15, 0.2) is 11.6 Å². The van der Waals surface area contributed by atoms with Crippen molar-refractivity contribution in [1.82, 2.24) is 15.2 Å². The van der Waals surface area contributed by atoms with E-state index in [4.69, 9.17) is 4.74 Å². The molecule has 1 aliphatic heterocycles. The molecule has 0 amide bonds. The van der Waals surface area contributed by atoms with Crippen LogP contribution in [0.15, 0.2) is 42.7 Å². The van der Waals surface area contributed by atoms with Crippen LogP contribution in [0.2, 0.25) is 0 Å². The topological polar surface area (TPSA) is 51.1 Å². The van der Waals surface area contributed by atoms with Crippen molar-refractivity contribution < 1.29 is 4.74 Å². The first-order valence-electron chi connectivity index (χ1n) is 7.47. The molecule has 2 aromatic heterocycles. The molecule has 3 heterocycles. The molecule has 0 aliphatic carbocycles. The first-order chi connectivity index (χ1) is 11.1. The van der Waals surface area contributed by atoms with Gasteiger partial charge in [-0.3, -0.25) is 4.90 Å². The maximum absolute atomic E-state index is 5.85. The molecule has 114 valence electrons. The van der Waals surface area contributed by atoms with E-state index >= 15 is 0 Å². The van der Waals surface area contributed by atoms with Gasteiger partial charge in [-0.15, -0.1) is 5.10 Å². The van der Waals surface area contributed by atoms with Crippen molar-refractivity contribution in [2.45, 2.75) is 20.8 Å². The quantitative estimate of drug-likeness (QED) is 0.522. The fourth-order valence-electron chi connectivity index (χ4n) is 3.15. The Morgan fingerprint density at radius 3 is 2.57 bits per heavy atom. The zero-order valence-corrected chi connectivity index (χ0v) is 13.2. The molecule has 0 radical (unpaired) electrons. The molecule has 4 rings (SSSR count). The second-order valence-electron chi connectivity index (χ2n) is 5.73. The molecule has 0 saturated heterocycles. The minimum atomic E-state index is 0.493. The van der Waals surface area contributed by atoms with Gasteiger partial charge in [0.1, 0.15) is 5.69 Å². The fourth-order valence-corrected chi connectivity index (χ4v) is 3.15. The average molecular weight is 304 g/mol. The standard InChI is InChI=1S/C18H16N4O/c1-11-9-12(2)16(13(3)10-11)22-14-6-8-20-21-18(14)23-15-5-4-7-19-17(15)22/h4-10H,1-3H3. The molecule has 0 atom stereocenters. The fraction of sp³-hybridized carbons (Fsp3) is 0.167. The van der Waals surface area contributed by atoms with E-state index in [1.807, 2.05) is 18.2 Å². The third-order valence-electron chi connectivity index (χ3n) is 3.94. The Morgan fingerprint density at radius 2 is 1.78 bits per heavy atom. The molecule has 1 aromatic carbocycles. The van der Waals surface area contributed by atoms with Crippen LogP contribution in [-0.2, 0) is 0 Å².